The zero-order valence-electron chi connectivity index (χ0n) is 10.7. The van der Waals surface area contributed by atoms with Gasteiger partial charge in [0.15, 0.2) is 6.29 Å². The second kappa shape index (κ2) is 7.16. The van der Waals surface area contributed by atoms with Gasteiger partial charge in [0.25, 0.3) is 0 Å². The molecule has 0 bridgehead atoms. The average Bonchev–Trinajstić information content (AvgIpc) is 2.34. The third kappa shape index (κ3) is 4.93. The van der Waals surface area contributed by atoms with Crippen molar-refractivity contribution in [2.24, 2.45) is 11.8 Å². The lowest BCUT2D eigenvalue weighted by atomic mass is 10.1. The Morgan fingerprint density at radius 3 is 2.47 bits per heavy atom. The molecule has 3 nitrogen and oxygen atoms in total. The predicted molar refractivity (Wildman–Crippen MR) is 77.7 cm³/mol. The third-order valence-corrected chi connectivity index (χ3v) is 6.03. The van der Waals surface area contributed by atoms with Crippen LogP contribution in [0.15, 0.2) is 0 Å². The number of hydrogen-bond acceptors (Lipinski definition) is 3. The monoisotopic (exact) mass is 354 g/mol. The second-order valence-electron chi connectivity index (χ2n) is 5.04. The minimum Gasteiger partial charge on any atom is -0.368 e. The lowest BCUT2D eigenvalue weighted by molar-refractivity contribution is -0.188. The van der Waals surface area contributed by atoms with Gasteiger partial charge in [-0.1, -0.05) is 31.7 Å². The molecule has 0 N–H and O–H groups in total. The zero-order valence-corrected chi connectivity index (χ0v) is 12.9. The summed E-state index contributed by atoms with van der Waals surface area (Å²) in [5, 5.41) is 0. The molecule has 100 valence electrons. The maximum Gasteiger partial charge on any atom is 0.154 e. The molecule has 0 radical (unpaired) electrons. The lowest BCUT2D eigenvalue weighted by Crippen LogP contribution is -2.30. The summed E-state index contributed by atoms with van der Waals surface area (Å²) in [4.78, 5) is 0. The molecule has 2 fully saturated rings. The van der Waals surface area contributed by atoms with Gasteiger partial charge in [-0.05, 0) is 32.1 Å². The van der Waals surface area contributed by atoms with Gasteiger partial charge in [0.1, 0.15) is 4.11 Å². The molecule has 2 rings (SSSR count). The highest BCUT2D eigenvalue weighted by atomic mass is 127. The van der Waals surface area contributed by atoms with Crippen molar-refractivity contribution in [3.05, 3.63) is 0 Å². The number of ether oxygens (including phenoxy) is 3. The molecule has 2 aliphatic heterocycles. The van der Waals surface area contributed by atoms with E-state index in [0.717, 1.165) is 32.2 Å². The molecule has 2 unspecified atom stereocenters. The van der Waals surface area contributed by atoms with Crippen LogP contribution in [-0.2, 0) is 14.2 Å². The first-order valence-corrected chi connectivity index (χ1v) is 9.01. The Bertz CT molecular complexity index is 241. The van der Waals surface area contributed by atoms with E-state index in [1.165, 1.54) is 12.8 Å². The largest absolute Gasteiger partial charge is 0.368 e. The van der Waals surface area contributed by atoms with Crippen molar-refractivity contribution in [1.29, 1.82) is 0 Å². The Balaban J connectivity index is 1.64. The number of halogens is 1. The molecular formula is C13H23IO3. The van der Waals surface area contributed by atoms with Crippen LogP contribution in [0.1, 0.15) is 33.1 Å². The molecule has 0 aromatic rings. The number of rotatable bonds is 3. The Hall–Kier alpha value is 0.480. The molecule has 0 saturated carbocycles. The van der Waals surface area contributed by atoms with Crippen LogP contribution < -0.4 is 0 Å². The van der Waals surface area contributed by atoms with E-state index in [0.29, 0.717) is 10.0 Å². The van der Waals surface area contributed by atoms with Crippen LogP contribution in [0.3, 0.4) is 0 Å². The van der Waals surface area contributed by atoms with Gasteiger partial charge in [0.05, 0.1) is 19.8 Å². The fourth-order valence-electron chi connectivity index (χ4n) is 2.00. The highest BCUT2D eigenvalue weighted by molar-refractivity contribution is 14.2. The Morgan fingerprint density at radius 2 is 1.82 bits per heavy atom. The van der Waals surface area contributed by atoms with Crippen LogP contribution in [0.2, 0.25) is 0 Å². The van der Waals surface area contributed by atoms with Gasteiger partial charge < -0.3 is 14.2 Å². The second-order valence-corrected chi connectivity index (χ2v) is 8.03. The van der Waals surface area contributed by atoms with E-state index in [1.807, 2.05) is 6.92 Å². The fraction of sp³-hybridized carbons (Fsp3) is 0.923. The van der Waals surface area contributed by atoms with Gasteiger partial charge in [0.2, 0.25) is 0 Å². The van der Waals surface area contributed by atoms with Crippen molar-refractivity contribution in [2.75, 3.05) is 19.8 Å². The lowest BCUT2D eigenvalue weighted by Gasteiger charge is -2.27. The van der Waals surface area contributed by atoms with E-state index in [-0.39, 0.29) is 27.0 Å². The summed E-state index contributed by atoms with van der Waals surface area (Å²) in [6.07, 6.45) is 3.73. The summed E-state index contributed by atoms with van der Waals surface area (Å²) in [5.41, 5.74) is 0. The molecule has 0 aromatic carbocycles. The van der Waals surface area contributed by atoms with E-state index < -0.39 is 0 Å². The van der Waals surface area contributed by atoms with Gasteiger partial charge in [-0.3, -0.25) is 0 Å². The Labute approximate surface area is 114 Å². The predicted octanol–water partition coefficient (Wildman–Crippen LogP) is 2.93. The highest BCUT2D eigenvalue weighted by Gasteiger charge is 2.19. The van der Waals surface area contributed by atoms with Gasteiger partial charge in [-0.25, -0.2) is 0 Å². The number of hydrogen-bond donors (Lipinski definition) is 0. The highest BCUT2D eigenvalue weighted by Crippen LogP contribution is 2.26. The summed E-state index contributed by atoms with van der Waals surface area (Å²) in [7, 11) is 0. The molecule has 0 aliphatic carbocycles. The van der Waals surface area contributed by atoms with E-state index in [9.17, 15) is 0 Å². The fourth-order valence-corrected chi connectivity index (χ4v) is 4.72. The standard InChI is InChI=1S/C13H23IO3/c1-10-3-4-13(17-7-10)14-6-5-12-8-15-11(2)16-9-12/h6,10-13H,3-5,7-9H2,1-2H3. The topological polar surface area (TPSA) is 27.7 Å². The molecule has 2 saturated heterocycles. The Kier molecular flexibility index (Phi) is 5.86. The van der Waals surface area contributed by atoms with Crippen molar-refractivity contribution in [1.82, 2.24) is 0 Å². The molecular weight excluding hydrogens is 331 g/mol. The summed E-state index contributed by atoms with van der Waals surface area (Å²) >= 11 is 0.0876. The molecule has 0 aromatic heterocycles. The van der Waals surface area contributed by atoms with Crippen LogP contribution in [0.5, 0.6) is 0 Å². The van der Waals surface area contributed by atoms with Crippen LogP contribution in [0.25, 0.3) is 0 Å². The van der Waals surface area contributed by atoms with Gasteiger partial charge in [0, 0.05) is 5.92 Å². The van der Waals surface area contributed by atoms with E-state index in [1.54, 1.807) is 0 Å². The van der Waals surface area contributed by atoms with Crippen molar-refractivity contribution in [2.45, 2.75) is 43.5 Å². The molecule has 0 spiro atoms. The maximum absolute atomic E-state index is 5.85. The van der Waals surface area contributed by atoms with E-state index in [2.05, 4.69) is 10.9 Å². The van der Waals surface area contributed by atoms with Crippen LogP contribution in [-0.4, -0.2) is 34.2 Å². The minimum atomic E-state index is -0.0101. The minimum absolute atomic E-state index is 0.0101. The maximum atomic E-state index is 5.85. The first-order chi connectivity index (χ1) is 8.24. The van der Waals surface area contributed by atoms with Crippen molar-refractivity contribution >= 4 is 24.7 Å². The van der Waals surface area contributed by atoms with Gasteiger partial charge in [-0.15, -0.1) is 0 Å². The first-order valence-electron chi connectivity index (χ1n) is 6.52. The van der Waals surface area contributed by atoms with E-state index in [4.69, 9.17) is 14.2 Å². The van der Waals surface area contributed by atoms with Crippen LogP contribution in [0.4, 0.5) is 0 Å². The van der Waals surface area contributed by atoms with E-state index >= 15 is 0 Å². The third-order valence-electron chi connectivity index (χ3n) is 3.23. The Morgan fingerprint density at radius 1 is 1.06 bits per heavy atom. The number of alkyl halides is 1. The molecule has 4 heteroatoms. The molecule has 2 heterocycles. The molecule has 0 amide bonds. The molecule has 2 aliphatic rings. The van der Waals surface area contributed by atoms with Crippen molar-refractivity contribution < 1.29 is 14.2 Å². The van der Waals surface area contributed by atoms with Crippen molar-refractivity contribution in [3.63, 3.8) is 0 Å². The summed E-state index contributed by atoms with van der Waals surface area (Å²) in [6, 6.07) is 0. The normalized spacial score (nSPS) is 40.1. The quantitative estimate of drug-likeness (QED) is 0.576. The average molecular weight is 354 g/mol. The smallest absolute Gasteiger partial charge is 0.154 e. The van der Waals surface area contributed by atoms with Crippen molar-refractivity contribution in [3.8, 4) is 0 Å². The molecule has 2 atom stereocenters. The SMILES string of the molecule is CC1CCC(I=CCC2COC(C)OC2)OC1. The molecule has 17 heavy (non-hydrogen) atoms. The first kappa shape index (κ1) is 13.9. The zero-order chi connectivity index (χ0) is 12.1. The van der Waals surface area contributed by atoms with Gasteiger partial charge in [-0.2, -0.15) is 0 Å². The van der Waals surface area contributed by atoms with Crippen LogP contribution in [0, 0.1) is 11.8 Å². The van der Waals surface area contributed by atoms with Gasteiger partial charge >= 0.3 is 0 Å². The summed E-state index contributed by atoms with van der Waals surface area (Å²) in [5.74, 6) is 1.32. The summed E-state index contributed by atoms with van der Waals surface area (Å²) in [6.45, 7) is 6.90. The van der Waals surface area contributed by atoms with Crippen LogP contribution >= 0.6 is 20.7 Å². The summed E-state index contributed by atoms with van der Waals surface area (Å²) < 4.78 is 19.9.